The largest absolute Gasteiger partial charge is 0.293 e. The lowest BCUT2D eigenvalue weighted by molar-refractivity contribution is -0.130. The molecule has 0 spiro atoms. The van der Waals surface area contributed by atoms with Crippen molar-refractivity contribution in [2.45, 2.75) is 71.3 Å². The highest BCUT2D eigenvalue weighted by Crippen LogP contribution is 2.59. The number of aryl methyl sites for hydroxylation is 1. The van der Waals surface area contributed by atoms with Crippen LogP contribution in [0.3, 0.4) is 0 Å². The van der Waals surface area contributed by atoms with Gasteiger partial charge in [-0.05, 0) is 36.7 Å². The third kappa shape index (κ3) is 3.48. The maximum absolute atomic E-state index is 14.3. The monoisotopic (exact) mass is 584 g/mol. The van der Waals surface area contributed by atoms with Crippen LogP contribution in [0.2, 0.25) is 0 Å². The van der Waals surface area contributed by atoms with Gasteiger partial charge in [-0.2, -0.15) is 20.7 Å². The van der Waals surface area contributed by atoms with Crippen LogP contribution in [0.5, 0.6) is 0 Å². The maximum atomic E-state index is 14.3. The topological polar surface area (TPSA) is 117 Å². The van der Waals surface area contributed by atoms with E-state index in [1.807, 2.05) is 85.9 Å². The first-order chi connectivity index (χ1) is 20.8. The lowest BCUT2D eigenvalue weighted by Gasteiger charge is -2.51. The number of carbonyl (C=O) groups is 2. The van der Waals surface area contributed by atoms with E-state index in [-0.39, 0.29) is 41.1 Å². The lowest BCUT2D eigenvalue weighted by Crippen LogP contribution is -2.53. The number of benzene rings is 1. The van der Waals surface area contributed by atoms with Crippen LogP contribution in [-0.4, -0.2) is 31.1 Å². The predicted octanol–water partition coefficient (Wildman–Crippen LogP) is 5.33. The molecule has 4 aliphatic carbocycles. The summed E-state index contributed by atoms with van der Waals surface area (Å²) in [6.45, 7) is 10.4. The predicted molar refractivity (Wildman–Crippen MR) is 164 cm³/mol. The van der Waals surface area contributed by atoms with E-state index in [0.29, 0.717) is 6.42 Å². The zero-order valence-electron chi connectivity index (χ0n) is 26.1. The number of rotatable bonds is 3. The fraction of sp³-hybridized carbons (Fsp3) is 0.444. The number of fused-ring (bicyclic) bond motifs is 6. The van der Waals surface area contributed by atoms with Gasteiger partial charge in [0.1, 0.15) is 12.1 Å². The second-order valence-electron chi connectivity index (χ2n) is 14.4. The Bertz CT molecular complexity index is 1930. The number of allylic oxidation sites excluding steroid dienone is 4. The molecule has 0 N–H and O–H groups in total. The summed E-state index contributed by atoms with van der Waals surface area (Å²) in [5.41, 5.74) is 3.31. The van der Waals surface area contributed by atoms with Gasteiger partial charge in [-0.1, -0.05) is 77.1 Å². The van der Waals surface area contributed by atoms with Crippen molar-refractivity contribution in [3.8, 4) is 23.4 Å². The number of aromatic nitrogens is 4. The Kier molecular flexibility index (Phi) is 5.76. The molecule has 2 heterocycles. The normalized spacial score (nSPS) is 31.5. The van der Waals surface area contributed by atoms with Crippen molar-refractivity contribution in [2.24, 2.45) is 29.7 Å². The van der Waals surface area contributed by atoms with Gasteiger partial charge in [-0.15, -0.1) is 0 Å². The van der Waals surface area contributed by atoms with Gasteiger partial charge in [0.25, 0.3) is 0 Å². The molecule has 0 radical (unpaired) electrons. The van der Waals surface area contributed by atoms with Crippen LogP contribution in [0.15, 0.2) is 59.8 Å². The number of Topliss-reactive ketones (excluding diaryl/α,β-unsaturated/α-hetero) is 2. The number of nitriles is 2. The van der Waals surface area contributed by atoms with Crippen molar-refractivity contribution >= 4 is 11.6 Å². The third-order valence-corrected chi connectivity index (χ3v) is 11.4. The zero-order chi connectivity index (χ0) is 31.4. The summed E-state index contributed by atoms with van der Waals surface area (Å²) in [5, 5.41) is 30.3. The van der Waals surface area contributed by atoms with E-state index >= 15 is 0 Å². The van der Waals surface area contributed by atoms with Crippen LogP contribution >= 0.6 is 0 Å². The number of carbonyl (C=O) groups excluding carboxylic acids is 2. The van der Waals surface area contributed by atoms with Gasteiger partial charge >= 0.3 is 0 Å². The molecule has 0 saturated heterocycles. The van der Waals surface area contributed by atoms with E-state index < -0.39 is 21.7 Å². The van der Waals surface area contributed by atoms with E-state index in [2.05, 4.69) is 26.0 Å². The lowest BCUT2D eigenvalue weighted by atomic mass is 9.52. The summed E-state index contributed by atoms with van der Waals surface area (Å²) in [7, 11) is 1.90. The van der Waals surface area contributed by atoms with Crippen LogP contribution < -0.4 is 0 Å². The first kappa shape index (κ1) is 28.2. The van der Waals surface area contributed by atoms with E-state index in [9.17, 15) is 20.1 Å². The zero-order valence-corrected chi connectivity index (χ0v) is 26.1. The Morgan fingerprint density at radius 3 is 2.25 bits per heavy atom. The summed E-state index contributed by atoms with van der Waals surface area (Å²) in [4.78, 5) is 27.7. The standard InChI is InChI=1S/C36H36N6O2/c1-33(2)26-13-12-25-28(21-10-8-7-9-11-21)39-42(30(25)35(26,4)16-23(17-37)31(33)43)20-36(5)27-14-22-19-41(6)40-29(22)34(27,3)15-24(18-38)32(36)44/h7-11,15-16,19,26-27H,12-14,20H2,1-6H3/t26-,27+,34-,35-,36?/m0/s1. The molecular formula is C36H36N6O2. The molecule has 1 aromatic carbocycles. The highest BCUT2D eigenvalue weighted by Gasteiger charge is 2.61. The first-order valence-corrected chi connectivity index (χ1v) is 15.3. The number of nitrogens with zero attached hydrogens (tertiary/aromatic N) is 6. The molecule has 3 aromatic rings. The molecular weight excluding hydrogens is 548 g/mol. The minimum absolute atomic E-state index is 0.0539. The second-order valence-corrected chi connectivity index (χ2v) is 14.4. The summed E-state index contributed by atoms with van der Waals surface area (Å²) in [6, 6.07) is 14.5. The molecule has 44 heavy (non-hydrogen) atoms. The highest BCUT2D eigenvalue weighted by atomic mass is 16.1. The van der Waals surface area contributed by atoms with Gasteiger partial charge in [0.05, 0.1) is 40.2 Å². The Morgan fingerprint density at radius 1 is 0.909 bits per heavy atom. The Balaban J connectivity index is 1.46. The summed E-state index contributed by atoms with van der Waals surface area (Å²) in [5.74, 6) is -0.472. The molecule has 0 amide bonds. The summed E-state index contributed by atoms with van der Waals surface area (Å²) >= 11 is 0. The molecule has 8 nitrogen and oxygen atoms in total. The molecule has 1 unspecified atom stereocenters. The van der Waals surface area contributed by atoms with Gasteiger partial charge in [0.2, 0.25) is 0 Å². The minimum Gasteiger partial charge on any atom is -0.293 e. The molecule has 4 aliphatic rings. The molecule has 5 atom stereocenters. The average Bonchev–Trinajstić information content (AvgIpc) is 3.64. The van der Waals surface area contributed by atoms with Crippen molar-refractivity contribution in [3.63, 3.8) is 0 Å². The molecule has 0 aliphatic heterocycles. The third-order valence-electron chi connectivity index (χ3n) is 11.4. The van der Waals surface area contributed by atoms with E-state index in [1.54, 1.807) is 0 Å². The smallest absolute Gasteiger partial charge is 0.181 e. The molecule has 0 fully saturated rings. The molecule has 0 bridgehead atoms. The minimum atomic E-state index is -0.959. The van der Waals surface area contributed by atoms with Crippen LogP contribution in [0.25, 0.3) is 11.3 Å². The fourth-order valence-electron chi connectivity index (χ4n) is 9.47. The molecule has 0 saturated carbocycles. The van der Waals surface area contributed by atoms with E-state index in [4.69, 9.17) is 10.2 Å². The van der Waals surface area contributed by atoms with Gasteiger partial charge in [-0.25, -0.2) is 0 Å². The van der Waals surface area contributed by atoms with Crippen LogP contribution in [0.4, 0.5) is 0 Å². The molecule has 222 valence electrons. The Hall–Kier alpha value is -4.56. The summed E-state index contributed by atoms with van der Waals surface area (Å²) < 4.78 is 3.80. The van der Waals surface area contributed by atoms with Gasteiger partial charge in [0, 0.05) is 40.6 Å². The maximum Gasteiger partial charge on any atom is 0.181 e. The first-order valence-electron chi connectivity index (χ1n) is 15.3. The Morgan fingerprint density at radius 2 is 1.57 bits per heavy atom. The molecule has 2 aromatic heterocycles. The van der Waals surface area contributed by atoms with Crippen molar-refractivity contribution in [1.82, 2.24) is 19.6 Å². The molecule has 8 heteroatoms. The van der Waals surface area contributed by atoms with Crippen molar-refractivity contribution < 1.29 is 9.59 Å². The average molecular weight is 585 g/mol. The fourth-order valence-corrected chi connectivity index (χ4v) is 9.47. The SMILES string of the molecule is Cn1cc2c(n1)[C@@]1(C)C=C(C#N)C(=O)C(C)(Cn3nc(-c4ccccc4)c4c3[C@@]3(C)C=C(C#N)C(=O)C(C)(C)[C@@H]3CC4)[C@@H]1C2. The summed E-state index contributed by atoms with van der Waals surface area (Å²) in [6.07, 6.45) is 7.91. The van der Waals surface area contributed by atoms with Crippen LogP contribution in [0, 0.1) is 45.3 Å². The van der Waals surface area contributed by atoms with Gasteiger partial charge in [0.15, 0.2) is 11.6 Å². The van der Waals surface area contributed by atoms with Crippen molar-refractivity contribution in [3.05, 3.63) is 82.3 Å². The second kappa shape index (κ2) is 8.99. The highest BCUT2D eigenvalue weighted by molar-refractivity contribution is 6.05. The molecule has 7 rings (SSSR count). The number of hydrogen-bond donors (Lipinski definition) is 0. The van der Waals surface area contributed by atoms with Gasteiger partial charge in [-0.3, -0.25) is 19.0 Å². The number of ketones is 2. The number of hydrogen-bond acceptors (Lipinski definition) is 6. The Labute approximate surface area is 257 Å². The van der Waals surface area contributed by atoms with Crippen molar-refractivity contribution in [2.75, 3.05) is 0 Å². The van der Waals surface area contributed by atoms with E-state index in [0.717, 1.165) is 46.6 Å². The van der Waals surface area contributed by atoms with Crippen LogP contribution in [0.1, 0.15) is 63.6 Å². The van der Waals surface area contributed by atoms with Gasteiger partial charge < -0.3 is 0 Å². The van der Waals surface area contributed by atoms with E-state index in [1.165, 1.54) is 0 Å². The van der Waals surface area contributed by atoms with Crippen molar-refractivity contribution in [1.29, 1.82) is 10.5 Å². The quantitative estimate of drug-likeness (QED) is 0.411. The van der Waals surface area contributed by atoms with Crippen LogP contribution in [-0.2, 0) is 46.9 Å².